The van der Waals surface area contributed by atoms with Gasteiger partial charge in [0.1, 0.15) is 5.82 Å². The molecule has 1 fully saturated rings. The summed E-state index contributed by atoms with van der Waals surface area (Å²) in [6.07, 6.45) is 4.97. The number of fused-ring (bicyclic) bond motifs is 4. The minimum Gasteiger partial charge on any atom is -0.338 e. The van der Waals surface area contributed by atoms with Gasteiger partial charge >= 0.3 is 0 Å². The zero-order chi connectivity index (χ0) is 22.2. The number of pyridine rings is 1. The first kappa shape index (κ1) is 20.7. The number of piperidine rings is 1. The lowest BCUT2D eigenvalue weighted by Gasteiger charge is -2.43. The molecule has 32 heavy (non-hydrogen) atoms. The van der Waals surface area contributed by atoms with Gasteiger partial charge in [0.25, 0.3) is 11.5 Å². The van der Waals surface area contributed by atoms with Crippen molar-refractivity contribution in [2.75, 3.05) is 13.1 Å². The Bertz CT molecular complexity index is 1250. The lowest BCUT2D eigenvalue weighted by Crippen LogP contribution is -2.49. The van der Waals surface area contributed by atoms with Gasteiger partial charge in [0, 0.05) is 47.9 Å². The van der Waals surface area contributed by atoms with E-state index in [0.29, 0.717) is 30.2 Å². The Balaban J connectivity index is 1.46. The molecule has 1 amide bonds. The van der Waals surface area contributed by atoms with Crippen molar-refractivity contribution in [2.45, 2.75) is 18.9 Å². The lowest BCUT2D eigenvalue weighted by molar-refractivity contribution is 0.0594. The van der Waals surface area contributed by atoms with Crippen LogP contribution in [0.15, 0.2) is 65.5 Å². The van der Waals surface area contributed by atoms with Gasteiger partial charge in [-0.1, -0.05) is 35.9 Å². The number of nitrogens with zero attached hydrogens (tertiary/aromatic N) is 2. The van der Waals surface area contributed by atoms with Crippen molar-refractivity contribution >= 4 is 29.7 Å². The smallest absolute Gasteiger partial charge is 0.253 e. The monoisotopic (exact) mass is 448 g/mol. The Morgan fingerprint density at radius 1 is 0.938 bits per heavy atom. The number of carbonyl (C=O) groups excluding carboxylic acids is 1. The second-order valence-electron chi connectivity index (χ2n) is 8.52. The maximum Gasteiger partial charge on any atom is 0.253 e. The fourth-order valence-corrected chi connectivity index (χ4v) is 5.02. The largest absolute Gasteiger partial charge is 0.338 e. The third-order valence-electron chi connectivity index (χ3n) is 6.33. The number of halogens is 2. The third-order valence-corrected chi connectivity index (χ3v) is 6.58. The molecule has 2 aliphatic rings. The number of carbonyl (C=O) groups is 1. The van der Waals surface area contributed by atoms with Gasteiger partial charge in [0.05, 0.1) is 0 Å². The van der Waals surface area contributed by atoms with Gasteiger partial charge in [0.2, 0.25) is 0 Å². The molecular formula is C26H22ClFN2O2. The molecule has 4 nitrogen and oxygen atoms in total. The molecule has 2 aromatic carbocycles. The van der Waals surface area contributed by atoms with Crippen LogP contribution in [0.1, 0.15) is 39.5 Å². The molecule has 6 heteroatoms. The number of likely N-dealkylation sites (tertiary alicyclic amines) is 1. The summed E-state index contributed by atoms with van der Waals surface area (Å²) in [4.78, 5) is 27.5. The summed E-state index contributed by atoms with van der Waals surface area (Å²) >= 11 is 5.98. The molecule has 0 aliphatic carbocycles. The summed E-state index contributed by atoms with van der Waals surface area (Å²) in [5, 5.41) is 0.685. The fraction of sp³-hybridized carbons (Fsp3) is 0.231. The number of hydrogen-bond acceptors (Lipinski definition) is 2. The average molecular weight is 449 g/mol. The predicted octanol–water partition coefficient (Wildman–Crippen LogP) is 5.07. The van der Waals surface area contributed by atoms with E-state index >= 15 is 0 Å². The van der Waals surface area contributed by atoms with Gasteiger partial charge in [-0.3, -0.25) is 9.59 Å². The zero-order valence-corrected chi connectivity index (χ0v) is 18.1. The highest BCUT2D eigenvalue weighted by atomic mass is 35.5. The van der Waals surface area contributed by atoms with Gasteiger partial charge in [-0.25, -0.2) is 4.39 Å². The molecule has 3 heterocycles. The van der Waals surface area contributed by atoms with E-state index in [4.69, 9.17) is 11.6 Å². The topological polar surface area (TPSA) is 42.3 Å². The zero-order valence-electron chi connectivity index (χ0n) is 17.4. The van der Waals surface area contributed by atoms with E-state index in [1.54, 1.807) is 6.07 Å². The predicted molar refractivity (Wildman–Crippen MR) is 124 cm³/mol. The molecule has 5 rings (SSSR count). The second-order valence-corrected chi connectivity index (χ2v) is 8.96. The molecule has 0 N–H and O–H groups in total. The van der Waals surface area contributed by atoms with Crippen molar-refractivity contribution in [1.29, 1.82) is 0 Å². The fourth-order valence-electron chi connectivity index (χ4n) is 4.89. The van der Waals surface area contributed by atoms with Crippen LogP contribution in [0.4, 0.5) is 4.39 Å². The first-order chi connectivity index (χ1) is 15.5. The summed E-state index contributed by atoms with van der Waals surface area (Å²) < 4.78 is 15.1. The molecule has 0 spiro atoms. The third kappa shape index (κ3) is 4.00. The van der Waals surface area contributed by atoms with E-state index in [0.717, 1.165) is 23.2 Å². The first-order valence-corrected chi connectivity index (χ1v) is 11.1. The molecule has 1 saturated heterocycles. The molecule has 0 saturated carbocycles. The van der Waals surface area contributed by atoms with Crippen LogP contribution >= 0.6 is 11.6 Å². The standard InChI is InChI=1S/C26H22ClFN2O2/c27-22-8-2-17(3-9-22)1-4-19-7-12-24(31)30-15-18-13-21(25(19)30)16-29(14-18)26(32)20-5-10-23(28)11-6-20/h1-12,18,21H,13-16H2/b4-1+/t18-,21+/m0/s1. The number of benzene rings is 2. The Morgan fingerprint density at radius 3 is 2.44 bits per heavy atom. The Morgan fingerprint density at radius 2 is 1.69 bits per heavy atom. The maximum atomic E-state index is 13.3. The van der Waals surface area contributed by atoms with Crippen molar-refractivity contribution in [1.82, 2.24) is 9.47 Å². The highest BCUT2D eigenvalue weighted by Crippen LogP contribution is 2.37. The van der Waals surface area contributed by atoms with Gasteiger partial charge in [-0.05, 0) is 65.9 Å². The van der Waals surface area contributed by atoms with Crippen molar-refractivity contribution in [2.24, 2.45) is 5.92 Å². The summed E-state index contributed by atoms with van der Waals surface area (Å²) in [5.41, 5.74) is 3.47. The van der Waals surface area contributed by atoms with Crippen molar-refractivity contribution in [3.05, 3.63) is 104 Å². The van der Waals surface area contributed by atoms with Crippen molar-refractivity contribution in [3.8, 4) is 0 Å². The number of rotatable bonds is 3. The number of hydrogen-bond donors (Lipinski definition) is 0. The molecule has 3 aromatic rings. The van der Waals surface area contributed by atoms with E-state index in [1.807, 2.05) is 52.0 Å². The summed E-state index contributed by atoms with van der Waals surface area (Å²) in [7, 11) is 0. The molecule has 1 aromatic heterocycles. The van der Waals surface area contributed by atoms with Crippen molar-refractivity contribution in [3.63, 3.8) is 0 Å². The van der Waals surface area contributed by atoms with Crippen LogP contribution in [0.3, 0.4) is 0 Å². The number of amides is 1. The molecule has 2 bridgehead atoms. The molecular weight excluding hydrogens is 427 g/mol. The van der Waals surface area contributed by atoms with Crippen LogP contribution in [0.5, 0.6) is 0 Å². The summed E-state index contributed by atoms with van der Waals surface area (Å²) in [5.74, 6) is -0.156. The van der Waals surface area contributed by atoms with E-state index in [1.165, 1.54) is 24.3 Å². The normalized spacial score (nSPS) is 19.8. The SMILES string of the molecule is O=C(c1ccc(F)cc1)N1C[C@@H]2C[C@H](C1)c1c(/C=C/c3ccc(Cl)cc3)ccc(=O)n1C2. The highest BCUT2D eigenvalue weighted by molar-refractivity contribution is 6.30. The summed E-state index contributed by atoms with van der Waals surface area (Å²) in [6.45, 7) is 1.74. The molecule has 2 atom stereocenters. The second kappa shape index (κ2) is 8.40. The van der Waals surface area contributed by atoms with Gasteiger partial charge in [-0.2, -0.15) is 0 Å². The summed E-state index contributed by atoms with van der Waals surface area (Å²) in [6, 6.07) is 16.7. The van der Waals surface area contributed by atoms with Crippen molar-refractivity contribution < 1.29 is 9.18 Å². The van der Waals surface area contributed by atoms with E-state index in [-0.39, 0.29) is 29.1 Å². The Labute approximate surface area is 190 Å². The molecule has 162 valence electrons. The van der Waals surface area contributed by atoms with Crippen LogP contribution in [0, 0.1) is 11.7 Å². The van der Waals surface area contributed by atoms with Gasteiger partial charge in [-0.15, -0.1) is 0 Å². The van der Waals surface area contributed by atoms with Crippen LogP contribution in [0.2, 0.25) is 5.02 Å². The number of aromatic nitrogens is 1. The highest BCUT2D eigenvalue weighted by Gasteiger charge is 2.37. The van der Waals surface area contributed by atoms with Gasteiger partial charge < -0.3 is 9.47 Å². The minimum absolute atomic E-state index is 0.00310. The van der Waals surface area contributed by atoms with E-state index < -0.39 is 0 Å². The minimum atomic E-state index is -0.359. The first-order valence-electron chi connectivity index (χ1n) is 10.7. The molecule has 2 aliphatic heterocycles. The molecule has 0 radical (unpaired) electrons. The Hall–Kier alpha value is -3.18. The lowest BCUT2D eigenvalue weighted by atomic mass is 9.81. The van der Waals surface area contributed by atoms with E-state index in [9.17, 15) is 14.0 Å². The Kier molecular flexibility index (Phi) is 5.43. The van der Waals surface area contributed by atoms with Crippen LogP contribution in [0.25, 0.3) is 12.2 Å². The van der Waals surface area contributed by atoms with Gasteiger partial charge in [0.15, 0.2) is 0 Å². The van der Waals surface area contributed by atoms with Crippen LogP contribution in [-0.2, 0) is 6.54 Å². The van der Waals surface area contributed by atoms with Crippen LogP contribution in [-0.4, -0.2) is 28.5 Å². The average Bonchev–Trinajstić information content (AvgIpc) is 2.80. The quantitative estimate of drug-likeness (QED) is 0.561. The van der Waals surface area contributed by atoms with Crippen LogP contribution < -0.4 is 5.56 Å². The molecule has 0 unspecified atom stereocenters. The van der Waals surface area contributed by atoms with E-state index in [2.05, 4.69) is 0 Å². The maximum absolute atomic E-state index is 13.3.